The fourth-order valence-corrected chi connectivity index (χ4v) is 1.26. The van der Waals surface area contributed by atoms with E-state index in [0.717, 1.165) is 12.7 Å². The number of ketones is 1. The largest absolute Gasteiger partial charge is 0.299 e. The first-order valence-electron chi connectivity index (χ1n) is 3.36. The number of rotatable bonds is 3. The lowest BCUT2D eigenvalue weighted by atomic mass is 9.85. The van der Waals surface area contributed by atoms with E-state index in [1.807, 2.05) is 0 Å². The van der Waals surface area contributed by atoms with Crippen LogP contribution in [0.3, 0.4) is 0 Å². The number of carbonyl (C=O) groups is 1. The maximum Gasteiger partial charge on any atom is 0.264 e. The first-order chi connectivity index (χ1) is 4.99. The predicted molar refractivity (Wildman–Crippen MR) is 38.5 cm³/mol. The summed E-state index contributed by atoms with van der Waals surface area (Å²) >= 11 is 0. The lowest BCUT2D eigenvalue weighted by molar-refractivity contribution is -0.130. The quantitative estimate of drug-likeness (QED) is 0.568. The van der Waals surface area contributed by atoms with Gasteiger partial charge in [0.2, 0.25) is 0 Å². The summed E-state index contributed by atoms with van der Waals surface area (Å²) in [5.74, 6) is -0.0709. The van der Waals surface area contributed by atoms with E-state index in [9.17, 15) is 13.2 Å². The molecule has 1 unspecified atom stereocenters. The van der Waals surface area contributed by atoms with Gasteiger partial charge in [0, 0.05) is 12.3 Å². The van der Waals surface area contributed by atoms with Gasteiger partial charge in [0.05, 0.1) is 12.9 Å². The van der Waals surface area contributed by atoms with Crippen molar-refractivity contribution in [2.24, 2.45) is 5.92 Å². The minimum Gasteiger partial charge on any atom is -0.299 e. The normalized spacial score (nSPS) is 24.8. The van der Waals surface area contributed by atoms with Crippen molar-refractivity contribution in [3.05, 3.63) is 0 Å². The van der Waals surface area contributed by atoms with Gasteiger partial charge in [0.1, 0.15) is 5.78 Å². The van der Waals surface area contributed by atoms with Crippen LogP contribution in [0.1, 0.15) is 12.8 Å². The van der Waals surface area contributed by atoms with Crippen molar-refractivity contribution in [2.45, 2.75) is 12.8 Å². The van der Waals surface area contributed by atoms with Crippen molar-refractivity contribution in [1.82, 2.24) is 0 Å². The van der Waals surface area contributed by atoms with E-state index in [0.29, 0.717) is 6.42 Å². The molecule has 11 heavy (non-hydrogen) atoms. The molecule has 0 aromatic carbocycles. The number of hydrogen-bond acceptors (Lipinski definition) is 4. The Labute approximate surface area is 65.7 Å². The third-order valence-electron chi connectivity index (χ3n) is 1.68. The van der Waals surface area contributed by atoms with Crippen molar-refractivity contribution in [1.29, 1.82) is 0 Å². The first-order valence-corrected chi connectivity index (χ1v) is 5.18. The van der Waals surface area contributed by atoms with Crippen LogP contribution >= 0.6 is 0 Å². The summed E-state index contributed by atoms with van der Waals surface area (Å²) in [4.78, 5) is 10.7. The molecule has 0 heterocycles. The molecule has 0 aromatic heterocycles. The summed E-state index contributed by atoms with van der Waals surface area (Å²) in [5, 5.41) is 0. The van der Waals surface area contributed by atoms with Crippen LogP contribution in [0, 0.1) is 5.92 Å². The zero-order valence-electron chi connectivity index (χ0n) is 6.24. The average Bonchev–Trinajstić information content (AvgIpc) is 1.82. The third-order valence-corrected chi connectivity index (χ3v) is 2.24. The second-order valence-electron chi connectivity index (χ2n) is 2.69. The minimum absolute atomic E-state index is 0.0255. The smallest absolute Gasteiger partial charge is 0.264 e. The maximum absolute atomic E-state index is 10.7. The molecule has 4 nitrogen and oxygen atoms in total. The molecule has 0 saturated heterocycles. The van der Waals surface area contributed by atoms with E-state index >= 15 is 0 Å². The molecule has 1 fully saturated rings. The van der Waals surface area contributed by atoms with Gasteiger partial charge in [-0.25, -0.2) is 0 Å². The van der Waals surface area contributed by atoms with Crippen LogP contribution in [0.4, 0.5) is 0 Å². The highest BCUT2D eigenvalue weighted by Crippen LogP contribution is 2.22. The summed E-state index contributed by atoms with van der Waals surface area (Å²) in [6.07, 6.45) is 2.31. The van der Waals surface area contributed by atoms with E-state index < -0.39 is 10.1 Å². The van der Waals surface area contributed by atoms with E-state index in [1.165, 1.54) is 0 Å². The Kier molecular flexibility index (Phi) is 2.29. The standard InChI is InChI=1S/C6H10O4S/c1-11(8,9)10-4-5-2-3-6(5)7/h5H,2-4H2,1H3. The highest BCUT2D eigenvalue weighted by Gasteiger charge is 2.28. The molecule has 5 heteroatoms. The van der Waals surface area contributed by atoms with Gasteiger partial charge in [-0.05, 0) is 6.42 Å². The molecule has 1 saturated carbocycles. The van der Waals surface area contributed by atoms with Gasteiger partial charge >= 0.3 is 0 Å². The molecule has 0 aromatic rings. The first kappa shape index (κ1) is 8.67. The molecule has 1 aliphatic carbocycles. The highest BCUT2D eigenvalue weighted by molar-refractivity contribution is 7.85. The van der Waals surface area contributed by atoms with E-state index in [4.69, 9.17) is 0 Å². The predicted octanol–water partition coefficient (Wildman–Crippen LogP) is -0.0583. The van der Waals surface area contributed by atoms with Gasteiger partial charge in [0.25, 0.3) is 10.1 Å². The van der Waals surface area contributed by atoms with Crippen molar-refractivity contribution in [3.63, 3.8) is 0 Å². The Balaban J connectivity index is 2.28. The molecule has 0 radical (unpaired) electrons. The Bertz CT molecular complexity index is 254. The van der Waals surface area contributed by atoms with Crippen LogP contribution in [0.2, 0.25) is 0 Å². The molecule has 1 rings (SSSR count). The number of Topliss-reactive ketones (excluding diaryl/α,β-unsaturated/α-hetero) is 1. The molecule has 0 bridgehead atoms. The molecular formula is C6H10O4S. The summed E-state index contributed by atoms with van der Waals surface area (Å²) in [6, 6.07) is 0. The summed E-state index contributed by atoms with van der Waals surface area (Å²) in [7, 11) is -3.37. The van der Waals surface area contributed by atoms with E-state index in [2.05, 4.69) is 4.18 Å². The lowest BCUT2D eigenvalue weighted by Crippen LogP contribution is -2.30. The van der Waals surface area contributed by atoms with Crippen LogP contribution in [-0.4, -0.2) is 27.1 Å². The molecule has 0 N–H and O–H groups in total. The Hall–Kier alpha value is -0.420. The van der Waals surface area contributed by atoms with Gasteiger partial charge in [-0.15, -0.1) is 0 Å². The summed E-state index contributed by atoms with van der Waals surface area (Å²) in [6.45, 7) is 0.0255. The Morgan fingerprint density at radius 2 is 2.27 bits per heavy atom. The molecule has 0 spiro atoms. The van der Waals surface area contributed by atoms with Crippen LogP contribution in [-0.2, 0) is 19.1 Å². The van der Waals surface area contributed by atoms with Crippen LogP contribution in [0.25, 0.3) is 0 Å². The zero-order valence-corrected chi connectivity index (χ0v) is 7.06. The van der Waals surface area contributed by atoms with Gasteiger partial charge < -0.3 is 0 Å². The molecule has 64 valence electrons. The van der Waals surface area contributed by atoms with Crippen molar-refractivity contribution in [3.8, 4) is 0 Å². The van der Waals surface area contributed by atoms with Crippen LogP contribution < -0.4 is 0 Å². The summed E-state index contributed by atoms with van der Waals surface area (Å²) < 4.78 is 25.4. The Morgan fingerprint density at radius 1 is 1.64 bits per heavy atom. The summed E-state index contributed by atoms with van der Waals surface area (Å²) in [5.41, 5.74) is 0. The number of carbonyl (C=O) groups excluding carboxylic acids is 1. The van der Waals surface area contributed by atoms with Gasteiger partial charge in [-0.3, -0.25) is 8.98 Å². The lowest BCUT2D eigenvalue weighted by Gasteiger charge is -2.22. The maximum atomic E-state index is 10.7. The second-order valence-corrected chi connectivity index (χ2v) is 4.33. The third kappa shape index (κ3) is 2.59. The second kappa shape index (κ2) is 2.91. The SMILES string of the molecule is CS(=O)(=O)OCC1CCC1=O. The van der Waals surface area contributed by atoms with Crippen molar-refractivity contribution >= 4 is 15.9 Å². The van der Waals surface area contributed by atoms with Gasteiger partial charge in [-0.1, -0.05) is 0 Å². The molecule has 0 aliphatic heterocycles. The fraction of sp³-hybridized carbons (Fsp3) is 0.833. The molecule has 1 aliphatic rings. The minimum atomic E-state index is -3.37. The average molecular weight is 178 g/mol. The monoisotopic (exact) mass is 178 g/mol. The topological polar surface area (TPSA) is 60.4 Å². The van der Waals surface area contributed by atoms with Crippen LogP contribution in [0.5, 0.6) is 0 Å². The van der Waals surface area contributed by atoms with E-state index in [-0.39, 0.29) is 18.3 Å². The van der Waals surface area contributed by atoms with Gasteiger partial charge in [-0.2, -0.15) is 8.42 Å². The Morgan fingerprint density at radius 3 is 2.55 bits per heavy atom. The highest BCUT2D eigenvalue weighted by atomic mass is 32.2. The molecule has 0 amide bonds. The van der Waals surface area contributed by atoms with Crippen LogP contribution in [0.15, 0.2) is 0 Å². The van der Waals surface area contributed by atoms with Crippen molar-refractivity contribution < 1.29 is 17.4 Å². The molecular weight excluding hydrogens is 168 g/mol. The van der Waals surface area contributed by atoms with E-state index in [1.54, 1.807) is 0 Å². The zero-order chi connectivity index (χ0) is 8.48. The number of hydrogen-bond donors (Lipinski definition) is 0. The fourth-order valence-electron chi connectivity index (χ4n) is 0.848. The molecule has 1 atom stereocenters. The van der Waals surface area contributed by atoms with Gasteiger partial charge in [0.15, 0.2) is 0 Å². The van der Waals surface area contributed by atoms with Crippen molar-refractivity contribution in [2.75, 3.05) is 12.9 Å².